The highest BCUT2D eigenvalue weighted by molar-refractivity contribution is 5.98. The summed E-state index contributed by atoms with van der Waals surface area (Å²) in [6.45, 7) is 5.20. The van der Waals surface area contributed by atoms with E-state index in [0.717, 1.165) is 12.7 Å². The van der Waals surface area contributed by atoms with Crippen molar-refractivity contribution in [3.8, 4) is 0 Å². The van der Waals surface area contributed by atoms with Crippen LogP contribution in [0.2, 0.25) is 0 Å². The number of anilines is 1. The van der Waals surface area contributed by atoms with Crippen molar-refractivity contribution in [1.29, 1.82) is 0 Å². The number of nitrogens with one attached hydrogen (secondary N) is 1. The Labute approximate surface area is 119 Å². The van der Waals surface area contributed by atoms with Crippen LogP contribution in [0.15, 0.2) is 12.3 Å². The minimum absolute atomic E-state index is 0.0375. The minimum Gasteiger partial charge on any atom is -0.372 e. The van der Waals surface area contributed by atoms with Crippen LogP contribution >= 0.6 is 0 Å². The summed E-state index contributed by atoms with van der Waals surface area (Å²) >= 11 is 0. The monoisotopic (exact) mass is 282 g/mol. The normalized spacial score (nSPS) is 12.3. The van der Waals surface area contributed by atoms with Crippen LogP contribution in [0.4, 0.5) is 10.2 Å². The molecule has 0 radical (unpaired) electrons. The number of likely N-dealkylation sites (N-methyl/N-ethyl adjacent to an activating group) is 2. The lowest BCUT2D eigenvalue weighted by Gasteiger charge is -2.30. The van der Waals surface area contributed by atoms with Crippen molar-refractivity contribution in [2.24, 2.45) is 0 Å². The summed E-state index contributed by atoms with van der Waals surface area (Å²) in [6.07, 6.45) is 1.10. The first-order valence-electron chi connectivity index (χ1n) is 6.69. The van der Waals surface area contributed by atoms with Crippen LogP contribution in [-0.2, 0) is 0 Å². The van der Waals surface area contributed by atoms with E-state index < -0.39 is 5.82 Å². The van der Waals surface area contributed by atoms with Gasteiger partial charge in [0.1, 0.15) is 11.6 Å². The fourth-order valence-corrected chi connectivity index (χ4v) is 2.24. The molecule has 112 valence electrons. The fraction of sp³-hybridized carbons (Fsp3) is 0.571. The highest BCUT2D eigenvalue weighted by Crippen LogP contribution is 2.17. The van der Waals surface area contributed by atoms with E-state index in [1.807, 2.05) is 32.8 Å². The van der Waals surface area contributed by atoms with Gasteiger partial charge in [-0.25, -0.2) is 9.37 Å². The molecule has 0 aliphatic rings. The molecule has 0 bridgehead atoms. The maximum absolute atomic E-state index is 13.4. The number of halogens is 1. The Bertz CT molecular complexity index is 464. The van der Waals surface area contributed by atoms with E-state index in [-0.39, 0.29) is 17.5 Å². The van der Waals surface area contributed by atoms with Gasteiger partial charge < -0.3 is 15.1 Å². The third-order valence-corrected chi connectivity index (χ3v) is 3.08. The minimum atomic E-state index is -0.510. The van der Waals surface area contributed by atoms with Crippen molar-refractivity contribution < 1.29 is 9.18 Å². The van der Waals surface area contributed by atoms with Crippen LogP contribution in [0.25, 0.3) is 0 Å². The number of aromatic nitrogens is 1. The van der Waals surface area contributed by atoms with E-state index in [0.29, 0.717) is 12.4 Å². The molecule has 0 fully saturated rings. The third-order valence-electron chi connectivity index (χ3n) is 3.08. The van der Waals surface area contributed by atoms with Crippen LogP contribution in [-0.4, -0.2) is 61.0 Å². The van der Waals surface area contributed by atoms with Crippen LogP contribution in [0, 0.1) is 5.82 Å². The molecule has 1 aromatic rings. The quantitative estimate of drug-likeness (QED) is 0.862. The lowest BCUT2D eigenvalue weighted by Crippen LogP contribution is -2.44. The summed E-state index contributed by atoms with van der Waals surface area (Å²) in [6, 6.07) is 1.27. The van der Waals surface area contributed by atoms with Gasteiger partial charge in [-0.05, 0) is 34.0 Å². The summed E-state index contributed by atoms with van der Waals surface area (Å²) in [5.41, 5.74) is 0.264. The number of amides is 1. The van der Waals surface area contributed by atoms with Crippen molar-refractivity contribution >= 4 is 11.7 Å². The van der Waals surface area contributed by atoms with E-state index in [2.05, 4.69) is 10.3 Å². The molecule has 1 amide bonds. The number of hydrogen-bond donors (Lipinski definition) is 1. The van der Waals surface area contributed by atoms with Gasteiger partial charge in [0.05, 0.1) is 11.8 Å². The second kappa shape index (κ2) is 7.19. The largest absolute Gasteiger partial charge is 0.372 e. The first-order valence-corrected chi connectivity index (χ1v) is 6.69. The van der Waals surface area contributed by atoms with Crippen molar-refractivity contribution in [3.63, 3.8) is 0 Å². The topological polar surface area (TPSA) is 48.5 Å². The maximum atomic E-state index is 13.4. The molecule has 0 spiro atoms. The Morgan fingerprint density at radius 1 is 1.50 bits per heavy atom. The molecule has 0 aliphatic heterocycles. The molecular weight excluding hydrogens is 259 g/mol. The smallest absolute Gasteiger partial charge is 0.257 e. The van der Waals surface area contributed by atoms with Gasteiger partial charge in [0.25, 0.3) is 5.91 Å². The molecule has 1 N–H and O–H groups in total. The summed E-state index contributed by atoms with van der Waals surface area (Å²) < 4.78 is 13.4. The van der Waals surface area contributed by atoms with Crippen molar-refractivity contribution in [3.05, 3.63) is 23.6 Å². The molecule has 1 aromatic heterocycles. The fourth-order valence-electron chi connectivity index (χ4n) is 2.24. The average Bonchev–Trinajstić information content (AvgIpc) is 2.38. The number of hydrogen-bond acceptors (Lipinski definition) is 4. The Hall–Kier alpha value is -1.69. The highest BCUT2D eigenvalue weighted by Gasteiger charge is 2.23. The predicted molar refractivity (Wildman–Crippen MR) is 78.5 cm³/mol. The zero-order valence-electron chi connectivity index (χ0n) is 12.8. The Kier molecular flexibility index (Phi) is 5.88. The zero-order valence-corrected chi connectivity index (χ0v) is 12.8. The number of nitrogens with zero attached hydrogens (tertiary/aromatic N) is 3. The van der Waals surface area contributed by atoms with E-state index >= 15 is 0 Å². The molecule has 1 heterocycles. The van der Waals surface area contributed by atoms with Crippen LogP contribution in [0.5, 0.6) is 0 Å². The Morgan fingerprint density at radius 2 is 2.15 bits per heavy atom. The molecule has 5 nitrogen and oxygen atoms in total. The maximum Gasteiger partial charge on any atom is 0.257 e. The third kappa shape index (κ3) is 3.90. The summed E-state index contributed by atoms with van der Waals surface area (Å²) in [5.74, 6) is -0.325. The second-order valence-electron chi connectivity index (χ2n) is 5.00. The molecule has 1 atom stereocenters. The molecule has 0 aliphatic carbocycles. The molecule has 0 saturated heterocycles. The van der Waals surface area contributed by atoms with Crippen LogP contribution < -0.4 is 5.32 Å². The van der Waals surface area contributed by atoms with E-state index in [4.69, 9.17) is 0 Å². The van der Waals surface area contributed by atoms with Gasteiger partial charge in [0.2, 0.25) is 0 Å². The number of carbonyl (C=O) groups excluding carboxylic acids is 1. The van der Waals surface area contributed by atoms with Gasteiger partial charge in [-0.3, -0.25) is 4.79 Å². The van der Waals surface area contributed by atoms with Crippen molar-refractivity contribution in [1.82, 2.24) is 14.8 Å². The van der Waals surface area contributed by atoms with E-state index in [1.54, 1.807) is 11.9 Å². The van der Waals surface area contributed by atoms with Gasteiger partial charge >= 0.3 is 0 Å². The molecule has 1 rings (SSSR count). The molecule has 0 saturated carbocycles. The van der Waals surface area contributed by atoms with Crippen molar-refractivity contribution in [2.75, 3.05) is 39.5 Å². The summed E-state index contributed by atoms with van der Waals surface area (Å²) in [5, 5.41) is 2.83. The highest BCUT2D eigenvalue weighted by atomic mass is 19.1. The first-order chi connectivity index (χ1) is 9.40. The molecule has 0 aromatic carbocycles. The van der Waals surface area contributed by atoms with E-state index in [9.17, 15) is 9.18 Å². The second-order valence-corrected chi connectivity index (χ2v) is 5.00. The zero-order chi connectivity index (χ0) is 15.3. The molecule has 6 heteroatoms. The van der Waals surface area contributed by atoms with Gasteiger partial charge in [-0.15, -0.1) is 0 Å². The van der Waals surface area contributed by atoms with Gasteiger partial charge in [-0.1, -0.05) is 0 Å². The Morgan fingerprint density at radius 3 is 2.65 bits per heavy atom. The lowest BCUT2D eigenvalue weighted by molar-refractivity contribution is 0.0679. The van der Waals surface area contributed by atoms with Crippen LogP contribution in [0.3, 0.4) is 0 Å². The van der Waals surface area contributed by atoms with Gasteiger partial charge in [0.15, 0.2) is 0 Å². The number of pyridine rings is 1. The standard InChI is InChI=1S/C14H23FN4O/c1-6-19(10(2)9-18(4)5)14(20)12-7-11(15)8-17-13(12)16-3/h7-8,10H,6,9H2,1-5H3,(H,16,17). The van der Waals surface area contributed by atoms with Gasteiger partial charge in [-0.2, -0.15) is 0 Å². The van der Waals surface area contributed by atoms with Crippen molar-refractivity contribution in [2.45, 2.75) is 19.9 Å². The number of carbonyl (C=O) groups is 1. The first kappa shape index (κ1) is 16.4. The van der Waals surface area contributed by atoms with Gasteiger partial charge in [0, 0.05) is 26.2 Å². The average molecular weight is 282 g/mol. The summed E-state index contributed by atoms with van der Waals surface area (Å²) in [7, 11) is 5.58. The molecule has 20 heavy (non-hydrogen) atoms. The van der Waals surface area contributed by atoms with Crippen LogP contribution in [0.1, 0.15) is 24.2 Å². The summed E-state index contributed by atoms with van der Waals surface area (Å²) in [4.78, 5) is 20.2. The molecule has 1 unspecified atom stereocenters. The molecular formula is C14H23FN4O. The predicted octanol–water partition coefficient (Wildman–Crippen LogP) is 1.67. The Balaban J connectivity index is 3.04. The number of rotatable bonds is 6. The lowest BCUT2D eigenvalue weighted by atomic mass is 10.1. The van der Waals surface area contributed by atoms with E-state index in [1.165, 1.54) is 6.07 Å². The SMILES string of the molecule is CCN(C(=O)c1cc(F)cnc1NC)C(C)CN(C)C.